The Hall–Kier alpha value is -2.04. The summed E-state index contributed by atoms with van der Waals surface area (Å²) in [5, 5.41) is 7.64. The largest absolute Gasteiger partial charge is 0.481 e. The number of nitrogens with two attached hydrogens (primary N) is 1. The number of carbonyl (C=O) groups excluding carboxylic acids is 1. The van der Waals surface area contributed by atoms with Crippen molar-refractivity contribution < 1.29 is 17.9 Å². The van der Waals surface area contributed by atoms with E-state index in [0.717, 1.165) is 0 Å². The molecule has 1 amide bonds. The Morgan fingerprint density at radius 2 is 2.05 bits per heavy atom. The van der Waals surface area contributed by atoms with Crippen molar-refractivity contribution in [3.8, 4) is 18.1 Å². The molecular formula is C14H18N2O4S. The maximum Gasteiger partial charge on any atom is 0.261 e. The number of ether oxygens (including phenoxy) is 1. The summed E-state index contributed by atoms with van der Waals surface area (Å²) in [6.07, 6.45) is 4.30. The standard InChI is InChI=1S/C14H18N2O4S/c1-5-6-16-14(17)11(4)20-12-7-10(3)13(8-9(12)2)21(15,18)19/h1,7-8,11H,6H2,2-4H3,(H,16,17)(H2,15,18,19). The van der Waals surface area contributed by atoms with Crippen LogP contribution in [-0.2, 0) is 14.8 Å². The molecular weight excluding hydrogens is 292 g/mol. The highest BCUT2D eigenvalue weighted by molar-refractivity contribution is 7.89. The number of primary sulfonamides is 1. The SMILES string of the molecule is C#CCNC(=O)C(C)Oc1cc(C)c(S(N)(=O)=O)cc1C. The number of sulfonamides is 1. The van der Waals surface area contributed by atoms with Crippen LogP contribution in [0.1, 0.15) is 18.1 Å². The van der Waals surface area contributed by atoms with Crippen molar-refractivity contribution in [3.05, 3.63) is 23.3 Å². The molecule has 0 radical (unpaired) electrons. The van der Waals surface area contributed by atoms with Crippen molar-refractivity contribution >= 4 is 15.9 Å². The van der Waals surface area contributed by atoms with E-state index in [1.165, 1.54) is 6.07 Å². The second kappa shape index (κ2) is 6.61. The molecule has 1 unspecified atom stereocenters. The minimum Gasteiger partial charge on any atom is -0.481 e. The molecule has 21 heavy (non-hydrogen) atoms. The minimum absolute atomic E-state index is 0.0387. The Bertz CT molecular complexity index is 690. The fourth-order valence-electron chi connectivity index (χ4n) is 1.72. The van der Waals surface area contributed by atoms with Crippen LogP contribution < -0.4 is 15.2 Å². The molecule has 0 spiro atoms. The topological polar surface area (TPSA) is 98.5 Å². The van der Waals surface area contributed by atoms with Crippen LogP contribution in [0, 0.1) is 26.2 Å². The van der Waals surface area contributed by atoms with E-state index < -0.39 is 16.1 Å². The summed E-state index contributed by atoms with van der Waals surface area (Å²) < 4.78 is 28.4. The van der Waals surface area contributed by atoms with Gasteiger partial charge in [0.15, 0.2) is 6.10 Å². The van der Waals surface area contributed by atoms with E-state index in [4.69, 9.17) is 16.3 Å². The highest BCUT2D eigenvalue weighted by Gasteiger charge is 2.18. The molecule has 1 atom stereocenters. The summed E-state index contributed by atoms with van der Waals surface area (Å²) in [4.78, 5) is 11.7. The number of terminal acetylenes is 1. The first-order valence-corrected chi connectivity index (χ1v) is 7.73. The van der Waals surface area contributed by atoms with Gasteiger partial charge in [-0.05, 0) is 44.0 Å². The quantitative estimate of drug-likeness (QED) is 0.772. The molecule has 0 saturated heterocycles. The third-order valence-electron chi connectivity index (χ3n) is 2.82. The lowest BCUT2D eigenvalue weighted by atomic mass is 10.1. The Kier molecular flexibility index (Phi) is 5.35. The van der Waals surface area contributed by atoms with Crippen molar-refractivity contribution in [2.24, 2.45) is 5.14 Å². The average Bonchev–Trinajstić information content (AvgIpc) is 2.38. The van der Waals surface area contributed by atoms with Crippen LogP contribution in [0.15, 0.2) is 17.0 Å². The molecule has 6 nitrogen and oxygen atoms in total. The van der Waals surface area contributed by atoms with Gasteiger partial charge >= 0.3 is 0 Å². The number of hydrogen-bond donors (Lipinski definition) is 2. The van der Waals surface area contributed by atoms with Crippen LogP contribution in [0.25, 0.3) is 0 Å². The molecule has 114 valence electrons. The van der Waals surface area contributed by atoms with Gasteiger partial charge in [0.2, 0.25) is 10.0 Å². The van der Waals surface area contributed by atoms with Crippen molar-refractivity contribution in [3.63, 3.8) is 0 Å². The van der Waals surface area contributed by atoms with Gasteiger partial charge in [-0.2, -0.15) is 0 Å². The number of rotatable bonds is 5. The first-order chi connectivity index (χ1) is 9.66. The van der Waals surface area contributed by atoms with Crippen LogP contribution >= 0.6 is 0 Å². The van der Waals surface area contributed by atoms with E-state index in [-0.39, 0.29) is 17.3 Å². The highest BCUT2D eigenvalue weighted by Crippen LogP contribution is 2.26. The molecule has 7 heteroatoms. The zero-order valence-electron chi connectivity index (χ0n) is 12.1. The predicted molar refractivity (Wildman–Crippen MR) is 79.2 cm³/mol. The minimum atomic E-state index is -3.79. The van der Waals surface area contributed by atoms with Gasteiger partial charge in [-0.25, -0.2) is 13.6 Å². The molecule has 0 aromatic heterocycles. The van der Waals surface area contributed by atoms with Crippen LogP contribution in [0.4, 0.5) is 0 Å². The first kappa shape index (κ1) is 17.0. The molecule has 1 aromatic carbocycles. The molecule has 0 fully saturated rings. The number of nitrogens with one attached hydrogen (secondary N) is 1. The molecule has 0 aliphatic rings. The number of hydrogen-bond acceptors (Lipinski definition) is 4. The first-order valence-electron chi connectivity index (χ1n) is 6.18. The fraction of sp³-hybridized carbons (Fsp3) is 0.357. The van der Waals surface area contributed by atoms with Gasteiger partial charge in [-0.3, -0.25) is 4.79 Å². The van der Waals surface area contributed by atoms with Crippen LogP contribution in [0.5, 0.6) is 5.75 Å². The Morgan fingerprint density at radius 3 is 2.57 bits per heavy atom. The zero-order chi connectivity index (χ0) is 16.2. The van der Waals surface area contributed by atoms with Crippen LogP contribution in [0.3, 0.4) is 0 Å². The summed E-state index contributed by atoms with van der Waals surface area (Å²) in [6.45, 7) is 4.98. The number of benzene rings is 1. The van der Waals surface area contributed by atoms with Gasteiger partial charge in [0, 0.05) is 0 Å². The maximum atomic E-state index is 11.7. The average molecular weight is 310 g/mol. The van der Waals surface area contributed by atoms with Crippen molar-refractivity contribution in [1.29, 1.82) is 0 Å². The van der Waals surface area contributed by atoms with Crippen molar-refractivity contribution in [2.75, 3.05) is 6.54 Å². The van der Waals surface area contributed by atoms with E-state index in [2.05, 4.69) is 11.2 Å². The summed E-state index contributed by atoms with van der Waals surface area (Å²) >= 11 is 0. The number of aryl methyl sites for hydroxylation is 2. The summed E-state index contributed by atoms with van der Waals surface area (Å²) in [5.74, 6) is 2.37. The Labute approximate surface area is 124 Å². The molecule has 0 heterocycles. The fourth-order valence-corrected chi connectivity index (χ4v) is 2.57. The van der Waals surface area contributed by atoms with Gasteiger partial charge < -0.3 is 10.1 Å². The van der Waals surface area contributed by atoms with E-state index in [0.29, 0.717) is 16.9 Å². The Balaban J connectivity index is 2.99. The molecule has 0 bridgehead atoms. The Morgan fingerprint density at radius 1 is 1.43 bits per heavy atom. The maximum absolute atomic E-state index is 11.7. The molecule has 1 rings (SSSR count). The third-order valence-corrected chi connectivity index (χ3v) is 3.87. The van der Waals surface area contributed by atoms with Crippen LogP contribution in [0.2, 0.25) is 0 Å². The molecule has 3 N–H and O–H groups in total. The van der Waals surface area contributed by atoms with Gasteiger partial charge in [-0.1, -0.05) is 5.92 Å². The number of amides is 1. The lowest BCUT2D eigenvalue weighted by molar-refractivity contribution is -0.127. The van der Waals surface area contributed by atoms with Gasteiger partial charge in [0.05, 0.1) is 11.4 Å². The van der Waals surface area contributed by atoms with Gasteiger partial charge in [-0.15, -0.1) is 6.42 Å². The molecule has 0 saturated carbocycles. The third kappa shape index (κ3) is 4.48. The predicted octanol–water partition coefficient (Wildman–Crippen LogP) is 0.468. The highest BCUT2D eigenvalue weighted by atomic mass is 32.2. The lowest BCUT2D eigenvalue weighted by Crippen LogP contribution is -2.36. The zero-order valence-corrected chi connectivity index (χ0v) is 13.0. The normalized spacial score (nSPS) is 12.3. The molecule has 0 aliphatic heterocycles. The van der Waals surface area contributed by atoms with E-state index in [1.54, 1.807) is 26.8 Å². The van der Waals surface area contributed by atoms with Gasteiger partial charge in [0.25, 0.3) is 5.91 Å². The number of carbonyl (C=O) groups is 1. The second-order valence-electron chi connectivity index (χ2n) is 4.61. The summed E-state index contributed by atoms with van der Waals surface area (Å²) in [5.41, 5.74) is 1.02. The van der Waals surface area contributed by atoms with E-state index >= 15 is 0 Å². The summed E-state index contributed by atoms with van der Waals surface area (Å²) in [6, 6.07) is 2.96. The lowest BCUT2D eigenvalue weighted by Gasteiger charge is -2.17. The smallest absolute Gasteiger partial charge is 0.261 e. The second-order valence-corrected chi connectivity index (χ2v) is 6.14. The van der Waals surface area contributed by atoms with Gasteiger partial charge in [0.1, 0.15) is 5.75 Å². The monoisotopic (exact) mass is 310 g/mol. The molecule has 1 aromatic rings. The van der Waals surface area contributed by atoms with E-state index in [1.807, 2.05) is 0 Å². The molecule has 0 aliphatic carbocycles. The van der Waals surface area contributed by atoms with Crippen molar-refractivity contribution in [2.45, 2.75) is 31.8 Å². The summed E-state index contributed by atoms with van der Waals surface area (Å²) in [7, 11) is -3.79. The van der Waals surface area contributed by atoms with E-state index in [9.17, 15) is 13.2 Å². The van der Waals surface area contributed by atoms with Crippen molar-refractivity contribution in [1.82, 2.24) is 5.32 Å². The van der Waals surface area contributed by atoms with Crippen LogP contribution in [-0.4, -0.2) is 27.0 Å².